The number of nitrogens with zero attached hydrogens (tertiary/aromatic N) is 2. The van der Waals surface area contributed by atoms with Gasteiger partial charge in [0.2, 0.25) is 5.28 Å². The van der Waals surface area contributed by atoms with E-state index in [0.717, 1.165) is 0 Å². The Morgan fingerprint density at radius 2 is 1.83 bits per heavy atom. The molecule has 0 amide bonds. The van der Waals surface area contributed by atoms with Crippen LogP contribution in [-0.4, -0.2) is 9.97 Å². The first kappa shape index (κ1) is 10.5. The molecular formula is C6H4BrCl3N2. The molecule has 1 rings (SSSR count). The standard InChI is InChI=1S/C6H4BrCl3N2/c1-2(7)4-3(8)5(9)12-6(10)11-4/h2H,1H3. The SMILES string of the molecule is CC(Br)c1nc(Cl)nc(Cl)c1Cl. The minimum atomic E-state index is 0.00278. The molecule has 2 nitrogen and oxygen atoms in total. The topological polar surface area (TPSA) is 25.8 Å². The Hall–Kier alpha value is 0.430. The van der Waals surface area contributed by atoms with E-state index < -0.39 is 0 Å². The van der Waals surface area contributed by atoms with Crippen LogP contribution in [0, 0.1) is 0 Å². The Morgan fingerprint density at radius 1 is 1.25 bits per heavy atom. The first-order valence-corrected chi connectivity index (χ1v) is 5.10. The van der Waals surface area contributed by atoms with E-state index in [1.807, 2.05) is 6.92 Å². The summed E-state index contributed by atoms with van der Waals surface area (Å²) < 4.78 is 0. The lowest BCUT2D eigenvalue weighted by atomic mass is 10.3. The summed E-state index contributed by atoms with van der Waals surface area (Å²) in [5, 5.41) is 0.620. The average molecular weight is 290 g/mol. The van der Waals surface area contributed by atoms with Gasteiger partial charge in [0.05, 0.1) is 10.5 Å². The number of rotatable bonds is 1. The van der Waals surface area contributed by atoms with Crippen molar-refractivity contribution in [1.29, 1.82) is 0 Å². The fourth-order valence-corrected chi connectivity index (χ4v) is 1.78. The lowest BCUT2D eigenvalue weighted by Gasteiger charge is -2.05. The Kier molecular flexibility index (Phi) is 3.58. The second-order valence-electron chi connectivity index (χ2n) is 2.10. The van der Waals surface area contributed by atoms with Crippen LogP contribution in [0.2, 0.25) is 15.5 Å². The molecule has 6 heteroatoms. The molecule has 1 atom stereocenters. The van der Waals surface area contributed by atoms with E-state index in [-0.39, 0.29) is 15.3 Å². The molecule has 0 saturated heterocycles. The molecule has 0 spiro atoms. The lowest BCUT2D eigenvalue weighted by molar-refractivity contribution is 0.991. The summed E-state index contributed by atoms with van der Waals surface area (Å²) in [6.45, 7) is 1.88. The predicted molar refractivity (Wildman–Crippen MR) is 54.4 cm³/mol. The molecule has 0 fully saturated rings. The van der Waals surface area contributed by atoms with Gasteiger partial charge in [-0.1, -0.05) is 39.1 Å². The summed E-state index contributed by atoms with van der Waals surface area (Å²) >= 11 is 20.4. The summed E-state index contributed by atoms with van der Waals surface area (Å²) in [5.74, 6) is 0. The Balaban J connectivity index is 3.28. The van der Waals surface area contributed by atoms with Gasteiger partial charge < -0.3 is 0 Å². The summed E-state index contributed by atoms with van der Waals surface area (Å²) in [4.78, 5) is 7.61. The van der Waals surface area contributed by atoms with Crippen LogP contribution < -0.4 is 0 Å². The fraction of sp³-hybridized carbons (Fsp3) is 0.333. The smallest absolute Gasteiger partial charge is 0.220 e. The van der Waals surface area contributed by atoms with Crippen LogP contribution in [0.4, 0.5) is 0 Å². The van der Waals surface area contributed by atoms with Gasteiger partial charge in [-0.3, -0.25) is 0 Å². The van der Waals surface area contributed by atoms with E-state index >= 15 is 0 Å². The zero-order chi connectivity index (χ0) is 9.30. The third kappa shape index (κ3) is 2.22. The largest absolute Gasteiger partial charge is 0.224 e. The summed E-state index contributed by atoms with van der Waals surface area (Å²) in [7, 11) is 0. The highest BCUT2D eigenvalue weighted by molar-refractivity contribution is 9.09. The zero-order valence-electron chi connectivity index (χ0n) is 5.98. The monoisotopic (exact) mass is 288 g/mol. The van der Waals surface area contributed by atoms with Gasteiger partial charge in [0.15, 0.2) is 5.15 Å². The number of halogens is 4. The maximum atomic E-state index is 5.81. The molecule has 0 aliphatic rings. The van der Waals surface area contributed by atoms with Crippen molar-refractivity contribution in [3.63, 3.8) is 0 Å². The van der Waals surface area contributed by atoms with Crippen LogP contribution in [0.1, 0.15) is 17.4 Å². The van der Waals surface area contributed by atoms with Crippen molar-refractivity contribution in [3.05, 3.63) is 21.2 Å². The van der Waals surface area contributed by atoms with Crippen molar-refractivity contribution in [3.8, 4) is 0 Å². The van der Waals surface area contributed by atoms with Crippen LogP contribution in [0.25, 0.3) is 0 Å². The van der Waals surface area contributed by atoms with E-state index in [1.165, 1.54) is 0 Å². The predicted octanol–water partition coefficient (Wildman–Crippen LogP) is 3.89. The minimum absolute atomic E-state index is 0.00278. The highest BCUT2D eigenvalue weighted by Crippen LogP contribution is 2.31. The average Bonchev–Trinajstić information content (AvgIpc) is 1.96. The van der Waals surface area contributed by atoms with Crippen molar-refractivity contribution in [2.45, 2.75) is 11.8 Å². The van der Waals surface area contributed by atoms with Gasteiger partial charge >= 0.3 is 0 Å². The third-order valence-electron chi connectivity index (χ3n) is 1.19. The molecule has 1 aromatic heterocycles. The number of hydrogen-bond donors (Lipinski definition) is 0. The molecule has 0 aliphatic heterocycles. The van der Waals surface area contributed by atoms with Crippen molar-refractivity contribution < 1.29 is 0 Å². The first-order chi connectivity index (χ1) is 5.52. The number of aromatic nitrogens is 2. The molecule has 1 heterocycles. The molecular weight excluding hydrogens is 286 g/mol. The van der Waals surface area contributed by atoms with Crippen molar-refractivity contribution in [2.75, 3.05) is 0 Å². The highest BCUT2D eigenvalue weighted by Gasteiger charge is 2.13. The quantitative estimate of drug-likeness (QED) is 0.445. The molecule has 0 aromatic carbocycles. The molecule has 0 bridgehead atoms. The van der Waals surface area contributed by atoms with Crippen LogP contribution in [0.3, 0.4) is 0 Å². The van der Waals surface area contributed by atoms with Crippen LogP contribution in [0.5, 0.6) is 0 Å². The normalized spacial score (nSPS) is 13.1. The zero-order valence-corrected chi connectivity index (χ0v) is 9.84. The van der Waals surface area contributed by atoms with E-state index in [9.17, 15) is 0 Å². The van der Waals surface area contributed by atoms with Gasteiger partial charge in [-0.15, -0.1) is 0 Å². The van der Waals surface area contributed by atoms with Gasteiger partial charge in [0.1, 0.15) is 5.02 Å². The molecule has 1 aromatic rings. The van der Waals surface area contributed by atoms with E-state index in [0.29, 0.717) is 10.7 Å². The minimum Gasteiger partial charge on any atom is -0.220 e. The Labute approximate surface area is 93.4 Å². The van der Waals surface area contributed by atoms with Crippen molar-refractivity contribution in [2.24, 2.45) is 0 Å². The molecule has 12 heavy (non-hydrogen) atoms. The van der Waals surface area contributed by atoms with Crippen LogP contribution in [0.15, 0.2) is 0 Å². The lowest BCUT2D eigenvalue weighted by Crippen LogP contribution is -1.95. The Bertz CT molecular complexity index is 303. The molecule has 0 aliphatic carbocycles. The maximum Gasteiger partial charge on any atom is 0.224 e. The number of alkyl halides is 1. The van der Waals surface area contributed by atoms with Crippen LogP contribution >= 0.6 is 50.7 Å². The fourth-order valence-electron chi connectivity index (χ4n) is 0.673. The van der Waals surface area contributed by atoms with Gasteiger partial charge in [-0.05, 0) is 18.5 Å². The molecule has 0 saturated carbocycles. The highest BCUT2D eigenvalue weighted by atomic mass is 79.9. The van der Waals surface area contributed by atoms with Gasteiger partial charge in [-0.25, -0.2) is 9.97 Å². The van der Waals surface area contributed by atoms with E-state index in [2.05, 4.69) is 25.9 Å². The third-order valence-corrected chi connectivity index (χ3v) is 2.53. The van der Waals surface area contributed by atoms with E-state index in [1.54, 1.807) is 0 Å². The summed E-state index contributed by atoms with van der Waals surface area (Å²) in [6, 6.07) is 0. The first-order valence-electron chi connectivity index (χ1n) is 3.05. The van der Waals surface area contributed by atoms with Gasteiger partial charge in [0.25, 0.3) is 0 Å². The number of hydrogen-bond acceptors (Lipinski definition) is 2. The molecule has 0 radical (unpaired) electrons. The van der Waals surface area contributed by atoms with Crippen LogP contribution in [-0.2, 0) is 0 Å². The van der Waals surface area contributed by atoms with Crippen molar-refractivity contribution >= 4 is 50.7 Å². The van der Waals surface area contributed by atoms with Gasteiger partial charge in [-0.2, -0.15) is 0 Å². The second kappa shape index (κ2) is 4.09. The molecule has 66 valence electrons. The Morgan fingerprint density at radius 3 is 2.33 bits per heavy atom. The second-order valence-corrected chi connectivity index (χ2v) is 4.55. The summed E-state index contributed by atoms with van der Waals surface area (Å²) in [6.07, 6.45) is 0. The van der Waals surface area contributed by atoms with Crippen molar-refractivity contribution in [1.82, 2.24) is 9.97 Å². The molecule has 1 unspecified atom stereocenters. The van der Waals surface area contributed by atoms with E-state index in [4.69, 9.17) is 34.8 Å². The molecule has 0 N–H and O–H groups in total. The summed E-state index contributed by atoms with van der Waals surface area (Å²) in [5.41, 5.74) is 0.599. The maximum absolute atomic E-state index is 5.81. The van der Waals surface area contributed by atoms with Gasteiger partial charge in [0, 0.05) is 0 Å².